The minimum Gasteiger partial charge on any atom is -0.454 e. The Hall–Kier alpha value is -2.82. The lowest BCUT2D eigenvalue weighted by Gasteiger charge is -2.20. The fourth-order valence-corrected chi connectivity index (χ4v) is 3.02. The zero-order valence-electron chi connectivity index (χ0n) is 13.7. The fourth-order valence-electron chi connectivity index (χ4n) is 3.02. The van der Waals surface area contributed by atoms with Gasteiger partial charge in [-0.2, -0.15) is 5.10 Å². The van der Waals surface area contributed by atoms with Crippen LogP contribution < -0.4 is 9.47 Å². The van der Waals surface area contributed by atoms with E-state index in [4.69, 9.17) is 14.6 Å². The normalized spacial score (nSPS) is 16.0. The highest BCUT2D eigenvalue weighted by atomic mass is 16.7. The maximum Gasteiger partial charge on any atom is 0.247 e. The molecule has 0 aliphatic carbocycles. The Morgan fingerprint density at radius 1 is 1.08 bits per heavy atom. The van der Waals surface area contributed by atoms with Gasteiger partial charge in [-0.25, -0.2) is 5.01 Å². The first-order chi connectivity index (χ1) is 11.6. The number of amides is 1. The van der Waals surface area contributed by atoms with Gasteiger partial charge in [0.05, 0.1) is 12.1 Å². The molecular weight excluding hydrogens is 304 g/mol. The molecule has 1 amide bonds. The van der Waals surface area contributed by atoms with Gasteiger partial charge in [0.1, 0.15) is 0 Å². The van der Waals surface area contributed by atoms with Crippen molar-refractivity contribution in [2.45, 2.75) is 26.3 Å². The van der Waals surface area contributed by atoms with Gasteiger partial charge >= 0.3 is 0 Å². The van der Waals surface area contributed by atoms with Crippen molar-refractivity contribution < 1.29 is 14.3 Å². The van der Waals surface area contributed by atoms with Crippen molar-refractivity contribution >= 4 is 11.6 Å². The van der Waals surface area contributed by atoms with E-state index < -0.39 is 0 Å². The van der Waals surface area contributed by atoms with Crippen LogP contribution in [-0.2, 0) is 11.2 Å². The van der Waals surface area contributed by atoms with E-state index in [2.05, 4.69) is 0 Å². The van der Waals surface area contributed by atoms with Crippen LogP contribution in [0.3, 0.4) is 0 Å². The Morgan fingerprint density at radius 2 is 1.79 bits per heavy atom. The highest BCUT2D eigenvalue weighted by molar-refractivity contribution is 6.15. The van der Waals surface area contributed by atoms with Crippen LogP contribution in [0.5, 0.6) is 11.5 Å². The summed E-state index contributed by atoms with van der Waals surface area (Å²) in [7, 11) is 0. The third-order valence-corrected chi connectivity index (χ3v) is 4.19. The van der Waals surface area contributed by atoms with E-state index in [9.17, 15) is 4.79 Å². The van der Waals surface area contributed by atoms with Gasteiger partial charge in [0.2, 0.25) is 12.7 Å². The largest absolute Gasteiger partial charge is 0.454 e. The zero-order valence-corrected chi connectivity index (χ0v) is 13.7. The van der Waals surface area contributed by atoms with E-state index in [0.29, 0.717) is 17.9 Å². The Kier molecular flexibility index (Phi) is 3.49. The quantitative estimate of drug-likeness (QED) is 0.854. The summed E-state index contributed by atoms with van der Waals surface area (Å²) >= 11 is 0. The third kappa shape index (κ3) is 2.42. The Balaban J connectivity index is 1.93. The molecule has 2 aliphatic heterocycles. The number of nitrogens with zero attached hydrogens (tertiary/aromatic N) is 2. The standard InChI is InChI=1S/C19H18N2O3/c1-12(2)21-18(22)9-14-8-16-17(24-11-23-16)10-15(14)19(20-21)13-6-4-3-5-7-13/h3-8,10,12H,9,11H2,1-2H3. The Labute approximate surface area is 140 Å². The van der Waals surface area contributed by atoms with Gasteiger partial charge in [-0.05, 0) is 31.5 Å². The van der Waals surface area contributed by atoms with Crippen molar-refractivity contribution in [1.29, 1.82) is 0 Å². The number of hydrogen-bond donors (Lipinski definition) is 0. The molecule has 0 unspecified atom stereocenters. The molecule has 0 bridgehead atoms. The van der Waals surface area contributed by atoms with E-state index in [-0.39, 0.29) is 18.7 Å². The van der Waals surface area contributed by atoms with E-state index >= 15 is 0 Å². The highest BCUT2D eigenvalue weighted by Gasteiger charge is 2.28. The average molecular weight is 322 g/mol. The van der Waals surface area contributed by atoms with Gasteiger partial charge in [-0.1, -0.05) is 30.3 Å². The molecule has 5 heteroatoms. The van der Waals surface area contributed by atoms with Gasteiger partial charge < -0.3 is 9.47 Å². The lowest BCUT2D eigenvalue weighted by molar-refractivity contribution is -0.132. The summed E-state index contributed by atoms with van der Waals surface area (Å²) in [5, 5.41) is 6.26. The Morgan fingerprint density at radius 3 is 2.50 bits per heavy atom. The van der Waals surface area contributed by atoms with Crippen LogP contribution in [0.4, 0.5) is 0 Å². The van der Waals surface area contributed by atoms with Crippen LogP contribution in [0.25, 0.3) is 0 Å². The molecule has 0 radical (unpaired) electrons. The molecule has 0 N–H and O–H groups in total. The zero-order chi connectivity index (χ0) is 16.7. The number of benzene rings is 2. The molecule has 0 atom stereocenters. The molecule has 4 rings (SSSR count). The summed E-state index contributed by atoms with van der Waals surface area (Å²) in [5.74, 6) is 1.37. The molecule has 122 valence electrons. The first-order valence-corrected chi connectivity index (χ1v) is 8.02. The minimum absolute atomic E-state index is 0.00938. The SMILES string of the molecule is CC(C)N1N=C(c2ccccc2)c2cc3c(cc2CC1=O)OCO3. The van der Waals surface area contributed by atoms with Gasteiger partial charge in [0, 0.05) is 17.2 Å². The van der Waals surface area contributed by atoms with E-state index in [1.165, 1.54) is 0 Å². The lowest BCUT2D eigenvalue weighted by Crippen LogP contribution is -2.33. The number of ether oxygens (including phenoxy) is 2. The van der Waals surface area contributed by atoms with Crippen molar-refractivity contribution in [2.75, 3.05) is 6.79 Å². The molecule has 0 spiro atoms. The summed E-state index contributed by atoms with van der Waals surface area (Å²) in [4.78, 5) is 12.6. The van der Waals surface area contributed by atoms with E-state index in [1.54, 1.807) is 5.01 Å². The first kappa shape index (κ1) is 14.8. The minimum atomic E-state index is -0.0175. The molecule has 0 saturated heterocycles. The molecule has 2 aromatic rings. The summed E-state index contributed by atoms with van der Waals surface area (Å²) in [5.41, 5.74) is 3.58. The molecule has 2 aromatic carbocycles. The Bertz CT molecular complexity index is 828. The van der Waals surface area contributed by atoms with Crippen molar-refractivity contribution in [3.8, 4) is 11.5 Å². The average Bonchev–Trinajstić information content (AvgIpc) is 2.97. The molecule has 0 fully saturated rings. The van der Waals surface area contributed by atoms with Gasteiger partial charge in [-0.3, -0.25) is 4.79 Å². The van der Waals surface area contributed by atoms with Crippen LogP contribution in [0.1, 0.15) is 30.5 Å². The number of hydrogen-bond acceptors (Lipinski definition) is 4. The maximum absolute atomic E-state index is 12.6. The predicted octanol–water partition coefficient (Wildman–Crippen LogP) is 2.96. The number of carbonyl (C=O) groups excluding carboxylic acids is 1. The maximum atomic E-state index is 12.6. The molecule has 0 saturated carbocycles. The van der Waals surface area contributed by atoms with Crippen molar-refractivity contribution in [3.05, 3.63) is 59.2 Å². The summed E-state index contributed by atoms with van der Waals surface area (Å²) in [6.45, 7) is 4.14. The van der Waals surface area contributed by atoms with Gasteiger partial charge in [-0.15, -0.1) is 0 Å². The predicted molar refractivity (Wildman–Crippen MR) is 90.3 cm³/mol. The second-order valence-corrected chi connectivity index (χ2v) is 6.19. The van der Waals surface area contributed by atoms with Gasteiger partial charge in [0.25, 0.3) is 0 Å². The van der Waals surface area contributed by atoms with E-state index in [0.717, 1.165) is 22.4 Å². The molecule has 2 aliphatic rings. The topological polar surface area (TPSA) is 51.1 Å². The second-order valence-electron chi connectivity index (χ2n) is 6.19. The highest BCUT2D eigenvalue weighted by Crippen LogP contribution is 2.37. The van der Waals surface area contributed by atoms with Crippen molar-refractivity contribution in [2.24, 2.45) is 5.10 Å². The van der Waals surface area contributed by atoms with Crippen LogP contribution in [-0.4, -0.2) is 29.5 Å². The van der Waals surface area contributed by atoms with Gasteiger partial charge in [0.15, 0.2) is 11.5 Å². The number of carbonyl (C=O) groups is 1. The molecule has 0 aromatic heterocycles. The van der Waals surface area contributed by atoms with Crippen LogP contribution in [0.15, 0.2) is 47.6 Å². The summed E-state index contributed by atoms with van der Waals surface area (Å²) in [6.07, 6.45) is 0.296. The monoisotopic (exact) mass is 322 g/mol. The smallest absolute Gasteiger partial charge is 0.247 e. The second kappa shape index (κ2) is 5.67. The number of hydrazone groups is 1. The summed E-state index contributed by atoms with van der Waals surface area (Å²) in [6, 6.07) is 13.7. The molecule has 5 nitrogen and oxygen atoms in total. The number of rotatable bonds is 2. The third-order valence-electron chi connectivity index (χ3n) is 4.19. The molecular formula is C19H18N2O3. The van der Waals surface area contributed by atoms with Crippen LogP contribution in [0.2, 0.25) is 0 Å². The first-order valence-electron chi connectivity index (χ1n) is 8.02. The lowest BCUT2D eigenvalue weighted by atomic mass is 9.95. The van der Waals surface area contributed by atoms with E-state index in [1.807, 2.05) is 56.3 Å². The van der Waals surface area contributed by atoms with Crippen molar-refractivity contribution in [1.82, 2.24) is 5.01 Å². The molecule has 24 heavy (non-hydrogen) atoms. The summed E-state index contributed by atoms with van der Waals surface area (Å²) < 4.78 is 11.0. The van der Waals surface area contributed by atoms with Crippen LogP contribution >= 0.6 is 0 Å². The molecule has 2 heterocycles. The fraction of sp³-hybridized carbons (Fsp3) is 0.263. The van der Waals surface area contributed by atoms with Crippen LogP contribution in [0, 0.1) is 0 Å². The van der Waals surface area contributed by atoms with Crippen molar-refractivity contribution in [3.63, 3.8) is 0 Å². The number of fused-ring (bicyclic) bond motifs is 2.